The normalized spacial score (nSPS) is 17.0. The summed E-state index contributed by atoms with van der Waals surface area (Å²) in [5.41, 5.74) is 2.71. The van der Waals surface area contributed by atoms with Crippen LogP contribution in [0.4, 0.5) is 5.69 Å². The van der Waals surface area contributed by atoms with E-state index >= 15 is 0 Å². The summed E-state index contributed by atoms with van der Waals surface area (Å²) in [6, 6.07) is 17.7. The van der Waals surface area contributed by atoms with Crippen molar-refractivity contribution in [3.05, 3.63) is 65.2 Å². The van der Waals surface area contributed by atoms with E-state index in [0.29, 0.717) is 0 Å². The monoisotopic (exact) mass is 314 g/mol. The highest BCUT2D eigenvalue weighted by atomic mass is 35.5. The lowest BCUT2D eigenvalue weighted by Crippen LogP contribution is -2.33. The third-order valence-corrected chi connectivity index (χ3v) is 4.57. The maximum atomic E-state index is 5.97. The Labute approximate surface area is 135 Å². The first-order valence-corrected chi connectivity index (χ1v) is 7.53. The maximum absolute atomic E-state index is 5.97. The molecule has 0 radical (unpaired) electrons. The summed E-state index contributed by atoms with van der Waals surface area (Å²) in [5, 5.41) is 7.32. The zero-order chi connectivity index (χ0) is 15.0. The number of halogens is 1. The molecule has 4 heteroatoms. The fourth-order valence-corrected chi connectivity index (χ4v) is 2.78. The van der Waals surface area contributed by atoms with Crippen molar-refractivity contribution in [2.45, 2.75) is 13.8 Å². The molecule has 0 saturated carbocycles. The lowest BCUT2D eigenvalue weighted by atomic mass is 9.84. The van der Waals surface area contributed by atoms with Crippen molar-refractivity contribution < 1.29 is 0 Å². The second-order valence-corrected chi connectivity index (χ2v) is 6.36. The molecule has 1 aliphatic heterocycles. The third-order valence-electron chi connectivity index (χ3n) is 3.64. The van der Waals surface area contributed by atoms with Crippen LogP contribution in [0, 0.1) is 5.41 Å². The predicted molar refractivity (Wildman–Crippen MR) is 93.3 cm³/mol. The van der Waals surface area contributed by atoms with Crippen molar-refractivity contribution in [2.24, 2.45) is 10.5 Å². The van der Waals surface area contributed by atoms with Gasteiger partial charge in [-0.05, 0) is 43.7 Å². The van der Waals surface area contributed by atoms with E-state index in [1.807, 2.05) is 59.6 Å². The van der Waals surface area contributed by atoms with Crippen molar-refractivity contribution >= 4 is 40.2 Å². The maximum Gasteiger partial charge on any atom is 0.117 e. The van der Waals surface area contributed by atoms with E-state index in [-0.39, 0.29) is 5.41 Å². The number of anilines is 1. The predicted octanol–water partition coefficient (Wildman–Crippen LogP) is 4.92. The number of thiocarbonyl (C=S) groups is 1. The average molecular weight is 315 g/mol. The Morgan fingerprint density at radius 1 is 1.00 bits per heavy atom. The molecule has 2 aromatic rings. The van der Waals surface area contributed by atoms with Gasteiger partial charge in [0.2, 0.25) is 0 Å². The minimum Gasteiger partial charge on any atom is -0.226 e. The lowest BCUT2D eigenvalue weighted by molar-refractivity contribution is 0.751. The van der Waals surface area contributed by atoms with Gasteiger partial charge in [-0.15, -0.1) is 0 Å². The zero-order valence-corrected chi connectivity index (χ0v) is 13.4. The van der Waals surface area contributed by atoms with Gasteiger partial charge >= 0.3 is 0 Å². The van der Waals surface area contributed by atoms with Crippen LogP contribution in [0.1, 0.15) is 19.4 Å². The Bertz CT molecular complexity index is 705. The van der Waals surface area contributed by atoms with Crippen molar-refractivity contribution in [1.82, 2.24) is 0 Å². The van der Waals surface area contributed by atoms with E-state index < -0.39 is 0 Å². The number of hydrazone groups is 1. The molecule has 0 fully saturated rings. The molecule has 1 aliphatic rings. The number of hydrogen-bond donors (Lipinski definition) is 0. The van der Waals surface area contributed by atoms with Crippen LogP contribution in [0.15, 0.2) is 59.7 Å². The Balaban J connectivity index is 2.07. The smallest absolute Gasteiger partial charge is 0.117 e. The first-order valence-electron chi connectivity index (χ1n) is 6.75. The third kappa shape index (κ3) is 2.47. The summed E-state index contributed by atoms with van der Waals surface area (Å²) in [7, 11) is 0. The van der Waals surface area contributed by atoms with Crippen LogP contribution in [0.5, 0.6) is 0 Å². The highest BCUT2D eigenvalue weighted by molar-refractivity contribution is 7.80. The van der Waals surface area contributed by atoms with E-state index in [2.05, 4.69) is 13.8 Å². The van der Waals surface area contributed by atoms with Crippen molar-refractivity contribution in [1.29, 1.82) is 0 Å². The largest absolute Gasteiger partial charge is 0.226 e. The number of rotatable bonds is 2. The van der Waals surface area contributed by atoms with Crippen LogP contribution in [-0.2, 0) is 0 Å². The molecule has 0 unspecified atom stereocenters. The minimum atomic E-state index is -0.293. The number of para-hydroxylation sites is 1. The van der Waals surface area contributed by atoms with Crippen LogP contribution in [0.2, 0.25) is 5.02 Å². The molecular formula is C17H15ClN2S. The van der Waals surface area contributed by atoms with Crippen molar-refractivity contribution in [2.75, 3.05) is 5.01 Å². The first kappa shape index (κ1) is 14.2. The van der Waals surface area contributed by atoms with E-state index in [0.717, 1.165) is 27.0 Å². The van der Waals surface area contributed by atoms with Gasteiger partial charge in [-0.3, -0.25) is 0 Å². The molecule has 0 N–H and O–H groups in total. The molecule has 1 heterocycles. The Hall–Kier alpha value is -1.71. The fraction of sp³-hybridized carbons (Fsp3) is 0.176. The molecule has 0 amide bonds. The molecule has 0 aromatic heterocycles. The molecule has 0 aliphatic carbocycles. The summed E-state index contributed by atoms with van der Waals surface area (Å²) >= 11 is 11.6. The van der Waals surface area contributed by atoms with E-state index in [1.54, 1.807) is 0 Å². The molecule has 0 saturated heterocycles. The molecule has 0 spiro atoms. The minimum absolute atomic E-state index is 0.293. The standard InChI is InChI=1S/C17H15ClN2S/c1-17(2)15(12-8-10-13(18)11-9-12)19-20(16(17)21)14-6-4-3-5-7-14/h3-11H,1-2H3. The topological polar surface area (TPSA) is 15.6 Å². The van der Waals surface area contributed by atoms with Crippen LogP contribution in [-0.4, -0.2) is 10.7 Å². The van der Waals surface area contributed by atoms with E-state index in [9.17, 15) is 0 Å². The summed E-state index contributed by atoms with van der Waals surface area (Å²) in [4.78, 5) is 0.804. The summed E-state index contributed by atoms with van der Waals surface area (Å²) in [6.07, 6.45) is 0. The van der Waals surface area contributed by atoms with Gasteiger partial charge in [0.05, 0.1) is 16.8 Å². The second-order valence-electron chi connectivity index (χ2n) is 5.53. The Kier molecular flexibility index (Phi) is 3.56. The highest BCUT2D eigenvalue weighted by Crippen LogP contribution is 2.36. The molecule has 21 heavy (non-hydrogen) atoms. The Morgan fingerprint density at radius 3 is 2.24 bits per heavy atom. The molecule has 0 bridgehead atoms. The van der Waals surface area contributed by atoms with Crippen LogP contribution < -0.4 is 5.01 Å². The zero-order valence-electron chi connectivity index (χ0n) is 11.9. The van der Waals surface area contributed by atoms with E-state index in [1.165, 1.54) is 0 Å². The van der Waals surface area contributed by atoms with Gasteiger partial charge in [0.25, 0.3) is 0 Å². The van der Waals surface area contributed by atoms with Gasteiger partial charge < -0.3 is 0 Å². The second kappa shape index (κ2) is 5.24. The molecular weight excluding hydrogens is 300 g/mol. The van der Waals surface area contributed by atoms with Gasteiger partial charge in [0.1, 0.15) is 4.99 Å². The molecule has 2 aromatic carbocycles. The number of hydrogen-bond acceptors (Lipinski definition) is 2. The summed E-state index contributed by atoms with van der Waals surface area (Å²) < 4.78 is 0. The van der Waals surface area contributed by atoms with Gasteiger partial charge in [0, 0.05) is 5.02 Å². The van der Waals surface area contributed by atoms with Crippen molar-refractivity contribution in [3.8, 4) is 0 Å². The lowest BCUT2D eigenvalue weighted by Gasteiger charge is -2.22. The fourth-order valence-electron chi connectivity index (χ4n) is 2.41. The van der Waals surface area contributed by atoms with Gasteiger partial charge in [-0.1, -0.05) is 54.2 Å². The highest BCUT2D eigenvalue weighted by Gasteiger charge is 2.41. The molecule has 2 nitrogen and oxygen atoms in total. The quantitative estimate of drug-likeness (QED) is 0.731. The molecule has 3 rings (SSSR count). The Morgan fingerprint density at radius 2 is 1.62 bits per heavy atom. The van der Waals surface area contributed by atoms with Gasteiger partial charge in [-0.25, -0.2) is 5.01 Å². The summed E-state index contributed by atoms with van der Waals surface area (Å²) in [6.45, 7) is 4.21. The van der Waals surface area contributed by atoms with Crippen LogP contribution in [0.3, 0.4) is 0 Å². The summed E-state index contributed by atoms with van der Waals surface area (Å²) in [5.74, 6) is 0. The average Bonchev–Trinajstić information content (AvgIpc) is 2.72. The van der Waals surface area contributed by atoms with Gasteiger partial charge in [0.15, 0.2) is 0 Å². The van der Waals surface area contributed by atoms with E-state index in [4.69, 9.17) is 28.9 Å². The van der Waals surface area contributed by atoms with Gasteiger partial charge in [-0.2, -0.15) is 5.10 Å². The number of nitrogens with zero attached hydrogens (tertiary/aromatic N) is 2. The molecule has 106 valence electrons. The molecule has 0 atom stereocenters. The SMILES string of the molecule is CC1(C)C(=S)N(c2ccccc2)N=C1c1ccc(Cl)cc1. The van der Waals surface area contributed by atoms with Crippen LogP contribution in [0.25, 0.3) is 0 Å². The number of benzene rings is 2. The van der Waals surface area contributed by atoms with Crippen molar-refractivity contribution in [3.63, 3.8) is 0 Å². The van der Waals surface area contributed by atoms with Crippen LogP contribution >= 0.6 is 23.8 Å². The first-order chi connectivity index (χ1) is 10.00.